The fourth-order valence-electron chi connectivity index (χ4n) is 4.07. The largest absolute Gasteiger partial charge is 0.495 e. The second-order valence-corrected chi connectivity index (χ2v) is 7.52. The molecule has 0 bridgehead atoms. The summed E-state index contributed by atoms with van der Waals surface area (Å²) in [5.74, 6) is -3.30. The van der Waals surface area contributed by atoms with Gasteiger partial charge in [-0.3, -0.25) is 14.4 Å². The molecule has 1 fully saturated rings. The number of anilines is 1. The number of Topliss-reactive ketones (excluding diaryl/α,β-unsaturated/α-hetero) is 1. The average Bonchev–Trinajstić information content (AvgIpc) is 3.28. The van der Waals surface area contributed by atoms with E-state index in [2.05, 4.69) is 10.3 Å². The zero-order chi connectivity index (χ0) is 22.8. The Kier molecular flexibility index (Phi) is 5.76. The molecule has 10 nitrogen and oxygen atoms in total. The Hall–Kier alpha value is -3.95. The van der Waals surface area contributed by atoms with E-state index in [1.165, 1.54) is 18.2 Å². The van der Waals surface area contributed by atoms with Gasteiger partial charge >= 0.3 is 5.97 Å². The van der Waals surface area contributed by atoms with Crippen LogP contribution >= 0.6 is 0 Å². The highest BCUT2D eigenvalue weighted by Crippen LogP contribution is 2.40. The first kappa shape index (κ1) is 21.3. The number of carboxylic acids is 1. The summed E-state index contributed by atoms with van der Waals surface area (Å²) >= 11 is 0. The summed E-state index contributed by atoms with van der Waals surface area (Å²) < 4.78 is 5.26. The number of amides is 2. The van der Waals surface area contributed by atoms with Crippen LogP contribution in [0.5, 0.6) is 5.75 Å². The number of fused-ring (bicyclic) bond motifs is 1. The van der Waals surface area contributed by atoms with Crippen LogP contribution in [0.1, 0.15) is 32.3 Å². The fraction of sp³-hybridized carbons (Fsp3) is 0.318. The normalized spacial score (nSPS) is 17.3. The summed E-state index contributed by atoms with van der Waals surface area (Å²) in [5, 5.41) is 12.3. The predicted molar refractivity (Wildman–Crippen MR) is 113 cm³/mol. The average molecular weight is 438 g/mol. The SMILES string of the molecule is COc1cnc(C(=O)O)c2c1C(C(=O)C(=O)N1CCN(C(=O)c3ccccc3)CC1)CN2. The molecule has 10 heteroatoms. The number of nitrogens with one attached hydrogen (secondary N) is 1. The number of ether oxygens (including phenoxy) is 1. The predicted octanol–water partition coefficient (Wildman–Crippen LogP) is 0.851. The van der Waals surface area contributed by atoms with Gasteiger partial charge in [0.15, 0.2) is 5.69 Å². The first-order valence-corrected chi connectivity index (χ1v) is 10.1. The molecule has 2 aliphatic rings. The number of benzene rings is 1. The van der Waals surface area contributed by atoms with Gasteiger partial charge in [0.2, 0.25) is 5.78 Å². The lowest BCUT2D eigenvalue weighted by Crippen LogP contribution is -2.52. The molecule has 166 valence electrons. The smallest absolute Gasteiger partial charge is 0.356 e. The van der Waals surface area contributed by atoms with Gasteiger partial charge in [-0.1, -0.05) is 18.2 Å². The lowest BCUT2D eigenvalue weighted by Gasteiger charge is -2.34. The number of hydrogen-bond acceptors (Lipinski definition) is 7. The maximum absolute atomic E-state index is 13.1. The van der Waals surface area contributed by atoms with Gasteiger partial charge in [0.1, 0.15) is 5.75 Å². The molecule has 2 amide bonds. The van der Waals surface area contributed by atoms with Gasteiger partial charge in [-0.25, -0.2) is 9.78 Å². The Balaban J connectivity index is 1.46. The summed E-state index contributed by atoms with van der Waals surface area (Å²) in [6.45, 7) is 1.20. The highest BCUT2D eigenvalue weighted by molar-refractivity contribution is 6.38. The molecule has 0 saturated carbocycles. The van der Waals surface area contributed by atoms with E-state index in [0.717, 1.165) is 0 Å². The van der Waals surface area contributed by atoms with Crippen molar-refractivity contribution >= 4 is 29.3 Å². The molecule has 2 aromatic rings. The molecule has 0 spiro atoms. The first-order valence-electron chi connectivity index (χ1n) is 10.1. The van der Waals surface area contributed by atoms with E-state index < -0.39 is 23.6 Å². The zero-order valence-corrected chi connectivity index (χ0v) is 17.4. The Morgan fingerprint density at radius 2 is 1.72 bits per heavy atom. The number of aromatic carboxylic acids is 1. The second kappa shape index (κ2) is 8.66. The summed E-state index contributed by atoms with van der Waals surface area (Å²) in [6, 6.07) is 8.89. The van der Waals surface area contributed by atoms with E-state index in [9.17, 15) is 24.3 Å². The monoisotopic (exact) mass is 438 g/mol. The van der Waals surface area contributed by atoms with E-state index in [1.54, 1.807) is 29.2 Å². The quantitative estimate of drug-likeness (QED) is 0.658. The van der Waals surface area contributed by atoms with Crippen molar-refractivity contribution in [3.63, 3.8) is 0 Å². The highest BCUT2D eigenvalue weighted by Gasteiger charge is 2.40. The minimum absolute atomic E-state index is 0.0781. The van der Waals surface area contributed by atoms with Crippen LogP contribution in [0.2, 0.25) is 0 Å². The Bertz CT molecular complexity index is 1080. The third kappa shape index (κ3) is 3.75. The summed E-state index contributed by atoms with van der Waals surface area (Å²) in [5.41, 5.74) is 0.876. The number of ketones is 1. The number of hydrogen-bond donors (Lipinski definition) is 2. The highest BCUT2D eigenvalue weighted by atomic mass is 16.5. The molecule has 1 aromatic carbocycles. The lowest BCUT2D eigenvalue weighted by atomic mass is 9.95. The maximum atomic E-state index is 13.1. The van der Waals surface area contributed by atoms with Gasteiger partial charge in [-0.15, -0.1) is 0 Å². The molecular formula is C22H22N4O6. The number of aromatic nitrogens is 1. The summed E-state index contributed by atoms with van der Waals surface area (Å²) in [7, 11) is 1.39. The lowest BCUT2D eigenvalue weighted by molar-refractivity contribution is -0.146. The van der Waals surface area contributed by atoms with Gasteiger partial charge in [0.25, 0.3) is 11.8 Å². The van der Waals surface area contributed by atoms with Crippen molar-refractivity contribution in [2.75, 3.05) is 45.2 Å². The molecule has 3 heterocycles. The van der Waals surface area contributed by atoms with E-state index in [0.29, 0.717) is 24.2 Å². The first-order chi connectivity index (χ1) is 15.4. The van der Waals surface area contributed by atoms with Crippen LogP contribution in [0, 0.1) is 0 Å². The van der Waals surface area contributed by atoms with Gasteiger partial charge in [-0.05, 0) is 12.1 Å². The third-order valence-corrected chi connectivity index (χ3v) is 5.74. The maximum Gasteiger partial charge on any atom is 0.356 e. The van der Waals surface area contributed by atoms with Crippen LogP contribution in [0.15, 0.2) is 36.5 Å². The van der Waals surface area contributed by atoms with E-state index >= 15 is 0 Å². The molecule has 2 aliphatic heterocycles. The Morgan fingerprint density at radius 1 is 1.06 bits per heavy atom. The zero-order valence-electron chi connectivity index (χ0n) is 17.4. The van der Waals surface area contributed by atoms with Crippen LogP contribution in [0.3, 0.4) is 0 Å². The van der Waals surface area contributed by atoms with Gasteiger partial charge in [-0.2, -0.15) is 0 Å². The fourth-order valence-corrected chi connectivity index (χ4v) is 4.07. The molecule has 0 radical (unpaired) electrons. The Labute approximate surface area is 183 Å². The van der Waals surface area contributed by atoms with Crippen molar-refractivity contribution in [3.8, 4) is 5.75 Å². The van der Waals surface area contributed by atoms with Crippen molar-refractivity contribution in [3.05, 3.63) is 53.3 Å². The van der Waals surface area contributed by atoms with Crippen LogP contribution in [0.4, 0.5) is 5.69 Å². The third-order valence-electron chi connectivity index (χ3n) is 5.74. The topological polar surface area (TPSA) is 129 Å². The summed E-state index contributed by atoms with van der Waals surface area (Å²) in [6.07, 6.45) is 1.24. The van der Waals surface area contributed by atoms with Crippen LogP contribution < -0.4 is 10.1 Å². The number of carbonyl (C=O) groups excluding carboxylic acids is 3. The van der Waals surface area contributed by atoms with Crippen LogP contribution in [0.25, 0.3) is 0 Å². The number of rotatable bonds is 5. The van der Waals surface area contributed by atoms with E-state index in [-0.39, 0.29) is 42.7 Å². The number of carbonyl (C=O) groups is 4. The molecule has 1 aromatic heterocycles. The minimum Gasteiger partial charge on any atom is -0.495 e. The molecule has 1 unspecified atom stereocenters. The molecule has 32 heavy (non-hydrogen) atoms. The van der Waals surface area contributed by atoms with E-state index in [4.69, 9.17) is 4.74 Å². The number of pyridine rings is 1. The van der Waals surface area contributed by atoms with Crippen LogP contribution in [-0.4, -0.2) is 83.3 Å². The van der Waals surface area contributed by atoms with Crippen molar-refractivity contribution in [2.45, 2.75) is 5.92 Å². The molecule has 1 saturated heterocycles. The molecule has 4 rings (SSSR count). The number of methoxy groups -OCH3 is 1. The van der Waals surface area contributed by atoms with Gasteiger partial charge in [0.05, 0.1) is 24.9 Å². The van der Waals surface area contributed by atoms with Crippen molar-refractivity contribution in [2.24, 2.45) is 0 Å². The molecule has 1 atom stereocenters. The molecule has 2 N–H and O–H groups in total. The van der Waals surface area contributed by atoms with Gasteiger partial charge < -0.3 is 25.0 Å². The van der Waals surface area contributed by atoms with Crippen molar-refractivity contribution < 1.29 is 29.0 Å². The second-order valence-electron chi connectivity index (χ2n) is 7.52. The number of carboxylic acid groups (broad SMARTS) is 1. The minimum atomic E-state index is -1.24. The number of piperazine rings is 1. The number of nitrogens with zero attached hydrogens (tertiary/aromatic N) is 3. The molecular weight excluding hydrogens is 416 g/mol. The standard InChI is InChI=1S/C22H22N4O6/c1-32-15-12-24-18(22(30)31)17-16(15)14(11-23-17)19(27)21(29)26-9-7-25(8-10-26)20(28)13-5-3-2-4-6-13/h2-6,12,14,23H,7-11H2,1H3,(H,30,31). The summed E-state index contributed by atoms with van der Waals surface area (Å²) in [4.78, 5) is 57.0. The molecule has 0 aliphatic carbocycles. The van der Waals surface area contributed by atoms with E-state index in [1.807, 2.05) is 6.07 Å². The van der Waals surface area contributed by atoms with Crippen molar-refractivity contribution in [1.29, 1.82) is 0 Å². The Morgan fingerprint density at radius 3 is 2.34 bits per heavy atom. The van der Waals surface area contributed by atoms with Crippen molar-refractivity contribution in [1.82, 2.24) is 14.8 Å². The van der Waals surface area contributed by atoms with Crippen LogP contribution in [-0.2, 0) is 9.59 Å². The van der Waals surface area contributed by atoms with Gasteiger partial charge in [0, 0.05) is 43.9 Å².